The predicted molar refractivity (Wildman–Crippen MR) is 58.6 cm³/mol. The number of aromatic nitrogens is 3. The van der Waals surface area contributed by atoms with Gasteiger partial charge in [0, 0.05) is 6.20 Å². The normalized spacial score (nSPS) is 13.8. The fraction of sp³-hybridized carbons (Fsp3) is 0.333. The van der Waals surface area contributed by atoms with Gasteiger partial charge in [-0.2, -0.15) is 9.82 Å². The number of hydrogen-bond acceptors (Lipinski definition) is 5. The molecule has 1 atom stereocenters. The summed E-state index contributed by atoms with van der Waals surface area (Å²) < 4.78 is 31.4. The molecule has 0 amide bonds. The van der Waals surface area contributed by atoms with Crippen molar-refractivity contribution in [3.8, 4) is 0 Å². The number of H-pyrrole nitrogens is 1. The first kappa shape index (κ1) is 11.8. The molecule has 2 rings (SSSR count). The molecule has 17 heavy (non-hydrogen) atoms. The molecule has 0 aliphatic heterocycles. The maximum atomic E-state index is 11.8. The van der Waals surface area contributed by atoms with Gasteiger partial charge in [0.15, 0.2) is 0 Å². The minimum atomic E-state index is -3.60. The molecule has 0 bridgehead atoms. The van der Waals surface area contributed by atoms with Crippen LogP contribution >= 0.6 is 0 Å². The van der Waals surface area contributed by atoms with E-state index in [4.69, 9.17) is 4.42 Å². The third kappa shape index (κ3) is 2.53. The van der Waals surface area contributed by atoms with E-state index in [9.17, 15) is 8.42 Å². The van der Waals surface area contributed by atoms with Crippen LogP contribution < -0.4 is 4.72 Å². The maximum absolute atomic E-state index is 11.8. The molecule has 1 unspecified atom stereocenters. The zero-order chi connectivity index (χ0) is 12.5. The van der Waals surface area contributed by atoms with Crippen LogP contribution in [0, 0.1) is 6.92 Å². The van der Waals surface area contributed by atoms with Crippen molar-refractivity contribution in [2.75, 3.05) is 0 Å². The van der Waals surface area contributed by atoms with Crippen molar-refractivity contribution in [2.24, 2.45) is 0 Å². The summed E-state index contributed by atoms with van der Waals surface area (Å²) in [6, 6.07) is -0.538. The van der Waals surface area contributed by atoms with Gasteiger partial charge >= 0.3 is 0 Å². The van der Waals surface area contributed by atoms with E-state index in [1.807, 2.05) is 0 Å². The van der Waals surface area contributed by atoms with E-state index in [-0.39, 0.29) is 4.90 Å². The average molecular weight is 256 g/mol. The maximum Gasteiger partial charge on any atom is 0.244 e. The van der Waals surface area contributed by atoms with Crippen molar-refractivity contribution in [2.45, 2.75) is 24.8 Å². The number of sulfonamides is 1. The lowest BCUT2D eigenvalue weighted by Crippen LogP contribution is -2.26. The molecule has 2 heterocycles. The van der Waals surface area contributed by atoms with Gasteiger partial charge in [-0.15, -0.1) is 0 Å². The van der Waals surface area contributed by atoms with Gasteiger partial charge < -0.3 is 4.42 Å². The number of rotatable bonds is 4. The summed E-state index contributed by atoms with van der Waals surface area (Å²) in [5.41, 5.74) is 0. The Morgan fingerprint density at radius 3 is 2.76 bits per heavy atom. The molecule has 0 spiro atoms. The largest absolute Gasteiger partial charge is 0.444 e. The smallest absolute Gasteiger partial charge is 0.244 e. The molecule has 7 nitrogen and oxygen atoms in total. The summed E-state index contributed by atoms with van der Waals surface area (Å²) in [6.07, 6.45) is 4.07. The number of nitrogens with zero attached hydrogens (tertiary/aromatic N) is 2. The first-order valence-electron chi connectivity index (χ1n) is 4.92. The molecule has 0 aliphatic carbocycles. The van der Waals surface area contributed by atoms with Crippen LogP contribution in [0.4, 0.5) is 0 Å². The molecular formula is C9H12N4O3S. The summed E-state index contributed by atoms with van der Waals surface area (Å²) in [5, 5.41) is 6.03. The van der Waals surface area contributed by atoms with E-state index in [2.05, 4.69) is 19.9 Å². The quantitative estimate of drug-likeness (QED) is 0.840. The SMILES string of the molecule is Cc1cnc(C(C)NS(=O)(=O)c2cn[nH]c2)o1. The van der Waals surface area contributed by atoms with Crippen molar-refractivity contribution < 1.29 is 12.8 Å². The summed E-state index contributed by atoms with van der Waals surface area (Å²) in [4.78, 5) is 4.04. The molecule has 8 heteroatoms. The highest BCUT2D eigenvalue weighted by atomic mass is 32.2. The molecule has 0 saturated carbocycles. The highest BCUT2D eigenvalue weighted by Gasteiger charge is 2.21. The average Bonchev–Trinajstić information content (AvgIpc) is 2.86. The number of nitrogens with one attached hydrogen (secondary N) is 2. The Labute approximate surface area is 98.3 Å². The second-order valence-electron chi connectivity index (χ2n) is 3.59. The molecule has 0 radical (unpaired) electrons. The molecule has 0 fully saturated rings. The second-order valence-corrected chi connectivity index (χ2v) is 5.30. The van der Waals surface area contributed by atoms with E-state index in [1.165, 1.54) is 18.6 Å². The Bertz CT molecular complexity index is 588. The Kier molecular flexibility index (Phi) is 2.99. The fourth-order valence-electron chi connectivity index (χ4n) is 1.31. The molecule has 0 aliphatic rings. The Balaban J connectivity index is 2.17. The summed E-state index contributed by atoms with van der Waals surface area (Å²) in [6.45, 7) is 3.40. The summed E-state index contributed by atoms with van der Waals surface area (Å²) >= 11 is 0. The van der Waals surface area contributed by atoms with Crippen molar-refractivity contribution in [3.05, 3.63) is 30.2 Å². The number of aryl methyl sites for hydroxylation is 1. The molecule has 2 aromatic heterocycles. The molecule has 2 N–H and O–H groups in total. The van der Waals surface area contributed by atoms with Crippen molar-refractivity contribution in [3.63, 3.8) is 0 Å². The zero-order valence-corrected chi connectivity index (χ0v) is 10.2. The number of aromatic amines is 1. The monoisotopic (exact) mass is 256 g/mol. The van der Waals surface area contributed by atoms with Crippen LogP contribution in [0.2, 0.25) is 0 Å². The fourth-order valence-corrected chi connectivity index (χ4v) is 2.41. The lowest BCUT2D eigenvalue weighted by Gasteiger charge is -2.09. The zero-order valence-electron chi connectivity index (χ0n) is 9.34. The van der Waals surface area contributed by atoms with Gasteiger partial charge in [-0.3, -0.25) is 5.10 Å². The minimum absolute atomic E-state index is 0.0765. The van der Waals surface area contributed by atoms with E-state index >= 15 is 0 Å². The molecular weight excluding hydrogens is 244 g/mol. The van der Waals surface area contributed by atoms with E-state index in [0.717, 1.165) is 0 Å². The minimum Gasteiger partial charge on any atom is -0.444 e. The Morgan fingerprint density at radius 1 is 1.47 bits per heavy atom. The number of oxazole rings is 1. The standard InChI is InChI=1S/C9H12N4O3S/c1-6-3-10-9(16-6)7(2)13-17(14,15)8-4-11-12-5-8/h3-5,7,13H,1-2H3,(H,11,12). The molecule has 2 aromatic rings. The molecule has 92 valence electrons. The van der Waals surface area contributed by atoms with Crippen molar-refractivity contribution >= 4 is 10.0 Å². The third-order valence-electron chi connectivity index (χ3n) is 2.12. The third-order valence-corrected chi connectivity index (χ3v) is 3.63. The van der Waals surface area contributed by atoms with Crippen LogP contribution in [-0.2, 0) is 10.0 Å². The van der Waals surface area contributed by atoms with Crippen LogP contribution in [0.1, 0.15) is 24.6 Å². The van der Waals surface area contributed by atoms with Gasteiger partial charge in [-0.1, -0.05) is 0 Å². The van der Waals surface area contributed by atoms with Gasteiger partial charge in [0.1, 0.15) is 10.7 Å². The van der Waals surface area contributed by atoms with E-state index in [1.54, 1.807) is 13.8 Å². The lowest BCUT2D eigenvalue weighted by atomic mass is 10.4. The van der Waals surface area contributed by atoms with Gasteiger partial charge in [0.25, 0.3) is 0 Å². The highest BCUT2D eigenvalue weighted by molar-refractivity contribution is 7.89. The van der Waals surface area contributed by atoms with E-state index in [0.29, 0.717) is 11.7 Å². The van der Waals surface area contributed by atoms with E-state index < -0.39 is 16.1 Å². The summed E-state index contributed by atoms with van der Waals surface area (Å²) in [7, 11) is -3.60. The van der Waals surface area contributed by atoms with Crippen LogP contribution in [-0.4, -0.2) is 23.6 Å². The van der Waals surface area contributed by atoms with Gasteiger partial charge in [0.05, 0.1) is 18.4 Å². The molecule has 0 saturated heterocycles. The summed E-state index contributed by atoms with van der Waals surface area (Å²) in [5.74, 6) is 0.962. The van der Waals surface area contributed by atoms with Crippen LogP contribution in [0.15, 0.2) is 27.9 Å². The van der Waals surface area contributed by atoms with Gasteiger partial charge in [-0.05, 0) is 13.8 Å². The first-order chi connectivity index (χ1) is 7.99. The first-order valence-corrected chi connectivity index (χ1v) is 6.41. The Morgan fingerprint density at radius 2 is 2.24 bits per heavy atom. The van der Waals surface area contributed by atoms with Crippen LogP contribution in [0.25, 0.3) is 0 Å². The van der Waals surface area contributed by atoms with Crippen molar-refractivity contribution in [1.29, 1.82) is 0 Å². The number of hydrogen-bond donors (Lipinski definition) is 2. The second kappa shape index (κ2) is 4.30. The topological polar surface area (TPSA) is 101 Å². The lowest BCUT2D eigenvalue weighted by molar-refractivity contribution is 0.428. The Hall–Kier alpha value is -1.67. The van der Waals surface area contributed by atoms with Crippen LogP contribution in [0.5, 0.6) is 0 Å². The predicted octanol–water partition coefficient (Wildman–Crippen LogP) is 0.746. The van der Waals surface area contributed by atoms with Gasteiger partial charge in [0.2, 0.25) is 15.9 Å². The highest BCUT2D eigenvalue weighted by Crippen LogP contribution is 2.15. The van der Waals surface area contributed by atoms with Crippen LogP contribution in [0.3, 0.4) is 0 Å². The van der Waals surface area contributed by atoms with Gasteiger partial charge in [-0.25, -0.2) is 13.4 Å². The van der Waals surface area contributed by atoms with Crippen molar-refractivity contribution in [1.82, 2.24) is 19.9 Å². The molecule has 0 aromatic carbocycles.